The summed E-state index contributed by atoms with van der Waals surface area (Å²) in [5.41, 5.74) is 0. The largest absolute Gasteiger partial charge is 0.462 e. The maximum absolute atomic E-state index is 11.9. The minimum Gasteiger partial charge on any atom is -0.462 e. The second-order valence-corrected chi connectivity index (χ2v) is 12.7. The smallest absolute Gasteiger partial charge is 0.330 e. The molecule has 0 aromatic rings. The quantitative estimate of drug-likeness (QED) is 0.134. The van der Waals surface area contributed by atoms with E-state index in [9.17, 15) is 50.8 Å². The van der Waals surface area contributed by atoms with Crippen molar-refractivity contribution in [2.45, 2.75) is 120 Å². The molecule has 0 aromatic carbocycles. The molecule has 1 aliphatic rings. The third-order valence-electron chi connectivity index (χ3n) is 7.86. The molecule has 0 saturated heterocycles. The van der Waals surface area contributed by atoms with Gasteiger partial charge in [0.25, 0.3) is 0 Å². The zero-order valence-electron chi connectivity index (χ0n) is 28.1. The van der Waals surface area contributed by atoms with Crippen LogP contribution in [0.25, 0.3) is 0 Å². The molecule has 11 atom stereocenters. The first-order chi connectivity index (χ1) is 22.8. The minimum atomic E-state index is -1.13. The minimum absolute atomic E-state index is 0.0627. The predicted molar refractivity (Wildman–Crippen MR) is 184 cm³/mol. The summed E-state index contributed by atoms with van der Waals surface area (Å²) in [5, 5.41) is 93.2. The fourth-order valence-electron chi connectivity index (χ4n) is 5.05. The van der Waals surface area contributed by atoms with Crippen molar-refractivity contribution in [1.82, 2.24) is 0 Å². The Morgan fingerprint density at radius 1 is 0.521 bits per heavy atom. The summed E-state index contributed by atoms with van der Waals surface area (Å²) in [7, 11) is 0. The fourth-order valence-corrected chi connectivity index (χ4v) is 5.05. The third-order valence-corrected chi connectivity index (χ3v) is 7.86. The molecule has 1 rings (SSSR count). The van der Waals surface area contributed by atoms with Gasteiger partial charge in [0.05, 0.1) is 61.5 Å². The van der Waals surface area contributed by atoms with Crippen LogP contribution < -0.4 is 0 Å². The van der Waals surface area contributed by atoms with Crippen molar-refractivity contribution in [3.63, 3.8) is 0 Å². The Bertz CT molecular complexity index is 1080. The Labute approximate surface area is 284 Å². The average Bonchev–Trinajstić information content (AvgIpc) is 2.99. The van der Waals surface area contributed by atoms with Crippen LogP contribution in [0.3, 0.4) is 0 Å². The third kappa shape index (κ3) is 22.0. The summed E-state index contributed by atoms with van der Waals surface area (Å²) in [5.74, 6) is -1.26. The van der Waals surface area contributed by atoms with Gasteiger partial charge in [-0.2, -0.15) is 0 Å². The van der Waals surface area contributed by atoms with E-state index < -0.39 is 66.8 Å². The molecule has 0 amide bonds. The molecule has 11 nitrogen and oxygen atoms in total. The number of carbonyl (C=O) groups excluding carboxylic acids is 1. The van der Waals surface area contributed by atoms with Crippen LogP contribution in [0, 0.1) is 11.8 Å². The van der Waals surface area contributed by atoms with Gasteiger partial charge in [-0.3, -0.25) is 0 Å². The Hall–Kier alpha value is -2.71. The fraction of sp³-hybridized carbons (Fsp3) is 0.595. The normalized spacial score (nSPS) is 40.4. The monoisotopic (exact) mass is 678 g/mol. The lowest BCUT2D eigenvalue weighted by Gasteiger charge is -2.26. The molecule has 0 aliphatic carbocycles. The van der Waals surface area contributed by atoms with Gasteiger partial charge in [0.1, 0.15) is 0 Å². The number of cyclic esters (lactones) is 1. The topological polar surface area (TPSA) is 208 Å². The van der Waals surface area contributed by atoms with E-state index in [0.717, 1.165) is 0 Å². The first-order valence-corrected chi connectivity index (χ1v) is 16.7. The van der Waals surface area contributed by atoms with Crippen molar-refractivity contribution in [2.24, 2.45) is 11.8 Å². The molecule has 0 unspecified atom stereocenters. The molecule has 9 N–H and O–H groups in total. The Morgan fingerprint density at radius 2 is 0.938 bits per heavy atom. The molecule has 0 saturated carbocycles. The predicted octanol–water partition coefficient (Wildman–Crippen LogP) is 2.08. The van der Waals surface area contributed by atoms with Crippen LogP contribution in [0.5, 0.6) is 0 Å². The highest BCUT2D eigenvalue weighted by Gasteiger charge is 2.26. The summed E-state index contributed by atoms with van der Waals surface area (Å²) < 4.78 is 5.20. The lowest BCUT2D eigenvalue weighted by Crippen LogP contribution is -2.34. The summed E-state index contributed by atoms with van der Waals surface area (Å²) in [6.45, 7) is 3.56. The molecular weight excluding hydrogens is 620 g/mol. The van der Waals surface area contributed by atoms with Crippen LogP contribution in [0.1, 0.15) is 65.2 Å². The van der Waals surface area contributed by atoms with E-state index in [1.165, 1.54) is 12.2 Å². The molecular formula is C37H58O11. The van der Waals surface area contributed by atoms with Gasteiger partial charge in [0.2, 0.25) is 0 Å². The van der Waals surface area contributed by atoms with Crippen LogP contribution in [0.15, 0.2) is 85.1 Å². The van der Waals surface area contributed by atoms with Gasteiger partial charge in [0.15, 0.2) is 0 Å². The van der Waals surface area contributed by atoms with Crippen molar-refractivity contribution >= 4 is 5.97 Å². The van der Waals surface area contributed by atoms with Gasteiger partial charge in [-0.15, -0.1) is 0 Å². The molecule has 0 bridgehead atoms. The SMILES string of the molecule is C[C@@H]1[C@H](O)C\C=C/C=C\C=C/C=C\C=C/C=C\C(=O)OC[C@H](C)/C=C\[C@H](O)C[C@H](O)C[C@H](O)C[C@H](O)C[C@H](O)C[C@H](O)C[C@H](O)C[C@@H]1O. The van der Waals surface area contributed by atoms with Gasteiger partial charge < -0.3 is 50.7 Å². The van der Waals surface area contributed by atoms with E-state index in [-0.39, 0.29) is 63.9 Å². The number of rotatable bonds is 0. The first kappa shape index (κ1) is 43.3. The van der Waals surface area contributed by atoms with Crippen LogP contribution in [-0.4, -0.2) is 113 Å². The first-order valence-electron chi connectivity index (χ1n) is 16.7. The molecule has 1 heterocycles. The summed E-state index contributed by atoms with van der Waals surface area (Å²) >= 11 is 0. The van der Waals surface area contributed by atoms with Gasteiger partial charge in [0, 0.05) is 24.3 Å². The number of hydrogen-bond donors (Lipinski definition) is 9. The molecule has 0 radical (unpaired) electrons. The van der Waals surface area contributed by atoms with Gasteiger partial charge >= 0.3 is 5.97 Å². The highest BCUT2D eigenvalue weighted by Crippen LogP contribution is 2.20. The van der Waals surface area contributed by atoms with Crippen LogP contribution in [0.2, 0.25) is 0 Å². The maximum Gasteiger partial charge on any atom is 0.330 e. The van der Waals surface area contributed by atoms with Crippen molar-refractivity contribution in [1.29, 1.82) is 0 Å². The number of esters is 1. The van der Waals surface area contributed by atoms with Crippen molar-refractivity contribution in [2.75, 3.05) is 6.61 Å². The molecule has 11 heteroatoms. The Morgan fingerprint density at radius 3 is 1.44 bits per heavy atom. The second-order valence-electron chi connectivity index (χ2n) is 12.7. The van der Waals surface area contributed by atoms with Gasteiger partial charge in [-0.05, 0) is 44.9 Å². The molecule has 0 spiro atoms. The van der Waals surface area contributed by atoms with Gasteiger partial charge in [-0.25, -0.2) is 4.79 Å². The van der Waals surface area contributed by atoms with E-state index >= 15 is 0 Å². The average molecular weight is 679 g/mol. The lowest BCUT2D eigenvalue weighted by atomic mass is 9.90. The second kappa shape index (κ2) is 25.3. The summed E-state index contributed by atoms with van der Waals surface area (Å²) in [6.07, 6.45) is 13.7. The van der Waals surface area contributed by atoms with E-state index in [1.807, 2.05) is 24.3 Å². The number of ether oxygens (including phenoxy) is 1. The van der Waals surface area contributed by atoms with Crippen molar-refractivity contribution in [3.8, 4) is 0 Å². The molecule has 1 aliphatic heterocycles. The highest BCUT2D eigenvalue weighted by molar-refractivity contribution is 5.82. The summed E-state index contributed by atoms with van der Waals surface area (Å²) in [4.78, 5) is 11.9. The lowest BCUT2D eigenvalue weighted by molar-refractivity contribution is -0.138. The Kier molecular flexibility index (Phi) is 22.8. The molecule has 48 heavy (non-hydrogen) atoms. The highest BCUT2D eigenvalue weighted by atomic mass is 16.5. The standard InChI is InChI=1S/C37H58O11/c1-26-16-17-28(38)18-29(39)19-30(40)20-31(41)21-32(42)22-33(43)23-34(44)24-36(46)27(2)35(45)14-12-10-8-6-4-3-5-7-9-11-13-15-37(47)48-25-26/h3-13,15-17,26-36,38-46H,14,18-25H2,1-2H3/b4-3-,7-5-,8-6-,11-9-,12-10-,15-13-,17-16-/t26-,27-,28+,29+,30+,31+,32+,33+,34+,35-,36+/m1/s1. The van der Waals surface area contributed by atoms with Crippen LogP contribution in [0.4, 0.5) is 0 Å². The molecule has 0 aromatic heterocycles. The van der Waals surface area contributed by atoms with Crippen LogP contribution in [-0.2, 0) is 9.53 Å². The van der Waals surface area contributed by atoms with E-state index in [2.05, 4.69) is 0 Å². The number of aliphatic hydroxyl groups is 9. The molecule has 0 fully saturated rings. The Balaban J connectivity index is 2.84. The zero-order valence-corrected chi connectivity index (χ0v) is 28.1. The van der Waals surface area contributed by atoms with Crippen molar-refractivity contribution in [3.05, 3.63) is 85.1 Å². The van der Waals surface area contributed by atoms with Crippen molar-refractivity contribution < 1.29 is 55.5 Å². The van der Waals surface area contributed by atoms with E-state index in [1.54, 1.807) is 62.5 Å². The summed E-state index contributed by atoms with van der Waals surface area (Å²) in [6, 6.07) is 0. The number of aliphatic hydroxyl groups excluding tert-OH is 9. The number of carbonyl (C=O) groups is 1. The van der Waals surface area contributed by atoms with E-state index in [0.29, 0.717) is 0 Å². The maximum atomic E-state index is 11.9. The van der Waals surface area contributed by atoms with E-state index in [4.69, 9.17) is 4.74 Å². The number of allylic oxidation sites excluding steroid dienone is 10. The van der Waals surface area contributed by atoms with Gasteiger partial charge in [-0.1, -0.05) is 92.8 Å². The van der Waals surface area contributed by atoms with Crippen LogP contribution >= 0.6 is 0 Å². The molecule has 272 valence electrons. The zero-order chi connectivity index (χ0) is 35.9. The number of hydrogen-bond acceptors (Lipinski definition) is 11.